The van der Waals surface area contributed by atoms with Crippen molar-refractivity contribution >= 4 is 23.5 Å². The number of esters is 1. The van der Waals surface area contributed by atoms with E-state index in [0.29, 0.717) is 43.3 Å². The molecular formula is C19H26ClNO4. The number of rotatable bonds is 5. The molecule has 5 nitrogen and oxygen atoms in total. The first kappa shape index (κ1) is 19.6. The highest BCUT2D eigenvalue weighted by molar-refractivity contribution is 6.32. The molecule has 138 valence electrons. The fourth-order valence-electron chi connectivity index (χ4n) is 3.08. The minimum atomic E-state index is -0.584. The molecule has 0 aliphatic carbocycles. The number of piperidine rings is 1. The molecular weight excluding hydrogens is 342 g/mol. The Bertz CT molecular complexity index is 615. The second-order valence-corrected chi connectivity index (χ2v) is 6.86. The van der Waals surface area contributed by atoms with Crippen molar-refractivity contribution in [2.24, 2.45) is 5.92 Å². The quantitative estimate of drug-likeness (QED) is 0.747. The molecule has 0 bridgehead atoms. The molecule has 6 heteroatoms. The van der Waals surface area contributed by atoms with Crippen molar-refractivity contribution in [2.75, 3.05) is 19.7 Å². The first-order valence-corrected chi connectivity index (χ1v) is 9.10. The van der Waals surface area contributed by atoms with E-state index in [2.05, 4.69) is 0 Å². The van der Waals surface area contributed by atoms with Gasteiger partial charge in [-0.05, 0) is 63.8 Å². The van der Waals surface area contributed by atoms with Crippen molar-refractivity contribution in [3.05, 3.63) is 28.3 Å². The molecule has 1 aliphatic heterocycles. The monoisotopic (exact) mass is 367 g/mol. The van der Waals surface area contributed by atoms with E-state index in [9.17, 15) is 9.59 Å². The number of carbonyl (C=O) groups is 2. The number of benzene rings is 1. The van der Waals surface area contributed by atoms with Crippen LogP contribution in [0.1, 0.15) is 37.8 Å². The van der Waals surface area contributed by atoms with Crippen LogP contribution < -0.4 is 4.74 Å². The average molecular weight is 368 g/mol. The fourth-order valence-corrected chi connectivity index (χ4v) is 3.19. The van der Waals surface area contributed by atoms with Gasteiger partial charge in [0.2, 0.25) is 0 Å². The zero-order chi connectivity index (χ0) is 18.6. The minimum Gasteiger partial charge on any atom is -0.481 e. The number of amides is 1. The summed E-state index contributed by atoms with van der Waals surface area (Å²) < 4.78 is 10.9. The van der Waals surface area contributed by atoms with Gasteiger partial charge in [-0.25, -0.2) is 0 Å². The Morgan fingerprint density at radius 2 is 1.80 bits per heavy atom. The number of hydrogen-bond acceptors (Lipinski definition) is 4. The number of ether oxygens (including phenoxy) is 2. The molecule has 1 saturated heterocycles. The summed E-state index contributed by atoms with van der Waals surface area (Å²) in [5.41, 5.74) is 1.85. The van der Waals surface area contributed by atoms with Gasteiger partial charge in [-0.2, -0.15) is 0 Å². The lowest BCUT2D eigenvalue weighted by Gasteiger charge is -2.32. The summed E-state index contributed by atoms with van der Waals surface area (Å²) in [4.78, 5) is 26.1. The number of carbonyl (C=O) groups excluding carboxylic acids is 2. The van der Waals surface area contributed by atoms with Crippen molar-refractivity contribution in [3.8, 4) is 5.75 Å². The maximum Gasteiger partial charge on any atom is 0.309 e. The Morgan fingerprint density at radius 3 is 2.32 bits per heavy atom. The van der Waals surface area contributed by atoms with Gasteiger partial charge < -0.3 is 14.4 Å². The molecule has 0 N–H and O–H groups in total. The van der Waals surface area contributed by atoms with Gasteiger partial charge in [-0.3, -0.25) is 9.59 Å². The first-order chi connectivity index (χ1) is 11.8. The zero-order valence-electron chi connectivity index (χ0n) is 15.3. The van der Waals surface area contributed by atoms with E-state index < -0.39 is 6.10 Å². The third-order valence-electron chi connectivity index (χ3n) is 4.50. The smallest absolute Gasteiger partial charge is 0.309 e. The third kappa shape index (κ3) is 4.88. The van der Waals surface area contributed by atoms with Crippen LogP contribution in [0.4, 0.5) is 0 Å². The molecule has 2 rings (SSSR count). The second kappa shape index (κ2) is 8.56. The molecule has 0 spiro atoms. The maximum atomic E-state index is 12.6. The van der Waals surface area contributed by atoms with Crippen LogP contribution in [0.25, 0.3) is 0 Å². The van der Waals surface area contributed by atoms with E-state index in [1.54, 1.807) is 18.7 Å². The van der Waals surface area contributed by atoms with Crippen LogP contribution in [0, 0.1) is 19.8 Å². The van der Waals surface area contributed by atoms with Gasteiger partial charge in [0, 0.05) is 18.1 Å². The molecule has 1 amide bonds. The van der Waals surface area contributed by atoms with Crippen LogP contribution in [0.3, 0.4) is 0 Å². The second-order valence-electron chi connectivity index (χ2n) is 6.48. The lowest BCUT2D eigenvalue weighted by atomic mass is 9.97. The highest BCUT2D eigenvalue weighted by Crippen LogP contribution is 2.27. The number of nitrogens with zero attached hydrogens (tertiary/aromatic N) is 1. The highest BCUT2D eigenvalue weighted by atomic mass is 35.5. The van der Waals surface area contributed by atoms with Gasteiger partial charge in [0.25, 0.3) is 5.91 Å². The van der Waals surface area contributed by atoms with Crippen LogP contribution in [-0.4, -0.2) is 42.6 Å². The van der Waals surface area contributed by atoms with Gasteiger partial charge in [0.05, 0.1) is 12.5 Å². The molecule has 0 saturated carbocycles. The molecule has 1 fully saturated rings. The first-order valence-electron chi connectivity index (χ1n) is 8.72. The maximum absolute atomic E-state index is 12.6. The number of hydrogen-bond donors (Lipinski definition) is 0. The van der Waals surface area contributed by atoms with Crippen molar-refractivity contribution in [1.29, 1.82) is 0 Å². The summed E-state index contributed by atoms with van der Waals surface area (Å²) in [7, 11) is 0. The minimum absolute atomic E-state index is 0.0624. The van der Waals surface area contributed by atoms with E-state index in [4.69, 9.17) is 21.1 Å². The molecule has 1 atom stereocenters. The molecule has 1 heterocycles. The topological polar surface area (TPSA) is 55.8 Å². The fraction of sp³-hybridized carbons (Fsp3) is 0.579. The standard InChI is InChI=1S/C19H26ClNO4/c1-5-24-19(23)15-6-8-21(9-7-15)18(22)14(4)25-16-10-12(2)17(20)13(3)11-16/h10-11,14-15H,5-9H2,1-4H3/t14-/m1/s1. The van der Waals surface area contributed by atoms with E-state index in [1.165, 1.54) is 0 Å². The van der Waals surface area contributed by atoms with Crippen molar-refractivity contribution in [2.45, 2.75) is 46.6 Å². The van der Waals surface area contributed by atoms with Crippen molar-refractivity contribution in [3.63, 3.8) is 0 Å². The molecule has 0 radical (unpaired) electrons. The lowest BCUT2D eigenvalue weighted by Crippen LogP contribution is -2.45. The Morgan fingerprint density at radius 1 is 1.24 bits per heavy atom. The van der Waals surface area contributed by atoms with Crippen molar-refractivity contribution < 1.29 is 19.1 Å². The summed E-state index contributed by atoms with van der Waals surface area (Å²) in [6, 6.07) is 3.68. The molecule has 1 aromatic rings. The zero-order valence-corrected chi connectivity index (χ0v) is 16.1. The van der Waals surface area contributed by atoms with Crippen LogP contribution in [0.15, 0.2) is 12.1 Å². The summed E-state index contributed by atoms with van der Waals surface area (Å²) in [6.07, 6.45) is 0.687. The molecule has 25 heavy (non-hydrogen) atoms. The van der Waals surface area contributed by atoms with E-state index >= 15 is 0 Å². The average Bonchev–Trinajstić information content (AvgIpc) is 2.59. The molecule has 0 unspecified atom stereocenters. The Hall–Kier alpha value is -1.75. The van der Waals surface area contributed by atoms with Gasteiger partial charge in [-0.1, -0.05) is 11.6 Å². The largest absolute Gasteiger partial charge is 0.481 e. The normalized spacial score (nSPS) is 16.4. The summed E-state index contributed by atoms with van der Waals surface area (Å²) in [6.45, 7) is 8.87. The van der Waals surface area contributed by atoms with E-state index in [1.807, 2.05) is 26.0 Å². The van der Waals surface area contributed by atoms with Gasteiger partial charge >= 0.3 is 5.97 Å². The van der Waals surface area contributed by atoms with Gasteiger partial charge in [0.15, 0.2) is 6.10 Å². The summed E-state index contributed by atoms with van der Waals surface area (Å²) >= 11 is 6.16. The summed E-state index contributed by atoms with van der Waals surface area (Å²) in [5.74, 6) is 0.307. The van der Waals surface area contributed by atoms with Crippen LogP contribution in [-0.2, 0) is 14.3 Å². The Balaban J connectivity index is 1.92. The number of halogens is 1. The predicted molar refractivity (Wildman–Crippen MR) is 97.0 cm³/mol. The highest BCUT2D eigenvalue weighted by Gasteiger charge is 2.30. The summed E-state index contributed by atoms with van der Waals surface area (Å²) in [5, 5.41) is 0.715. The number of likely N-dealkylation sites (tertiary alicyclic amines) is 1. The van der Waals surface area contributed by atoms with Crippen LogP contribution in [0.5, 0.6) is 5.75 Å². The predicted octanol–water partition coefficient (Wildman–Crippen LogP) is 3.53. The van der Waals surface area contributed by atoms with Gasteiger partial charge in [-0.15, -0.1) is 0 Å². The number of aryl methyl sites for hydroxylation is 2. The van der Waals surface area contributed by atoms with Crippen LogP contribution in [0.2, 0.25) is 5.02 Å². The SMILES string of the molecule is CCOC(=O)C1CCN(C(=O)[C@@H](C)Oc2cc(C)c(Cl)c(C)c2)CC1. The molecule has 0 aromatic heterocycles. The van der Waals surface area contributed by atoms with Crippen LogP contribution >= 0.6 is 11.6 Å². The Labute approximate surface area is 154 Å². The third-order valence-corrected chi connectivity index (χ3v) is 5.09. The molecule has 1 aliphatic rings. The van der Waals surface area contributed by atoms with E-state index in [-0.39, 0.29) is 17.8 Å². The molecule has 1 aromatic carbocycles. The Kier molecular flexibility index (Phi) is 6.71. The van der Waals surface area contributed by atoms with Crippen molar-refractivity contribution in [1.82, 2.24) is 4.90 Å². The van der Waals surface area contributed by atoms with E-state index in [0.717, 1.165) is 11.1 Å². The lowest BCUT2D eigenvalue weighted by molar-refractivity contribution is -0.152. The van der Waals surface area contributed by atoms with Gasteiger partial charge in [0.1, 0.15) is 5.75 Å².